The predicted molar refractivity (Wildman–Crippen MR) is 79.2 cm³/mol. The van der Waals surface area contributed by atoms with Crippen LogP contribution < -0.4 is 10.6 Å². The Hall–Kier alpha value is -1.35. The second kappa shape index (κ2) is 6.20. The van der Waals surface area contributed by atoms with Crippen LogP contribution >= 0.6 is 0 Å². The number of rotatable bonds is 4. The van der Waals surface area contributed by atoms with Gasteiger partial charge in [0.05, 0.1) is 5.92 Å². The Balaban J connectivity index is 2.30. The number of hydrogen-bond donors (Lipinski definition) is 1. The van der Waals surface area contributed by atoms with E-state index >= 15 is 0 Å². The number of nitrogens with zero attached hydrogens (tertiary/aromatic N) is 1. The first-order valence-corrected chi connectivity index (χ1v) is 7.30. The number of aryl methyl sites for hydroxylation is 1. The molecule has 2 rings (SSSR count). The summed E-state index contributed by atoms with van der Waals surface area (Å²) in [5.41, 5.74) is 8.15. The fourth-order valence-electron chi connectivity index (χ4n) is 2.91. The van der Waals surface area contributed by atoms with E-state index in [1.54, 1.807) is 0 Å². The summed E-state index contributed by atoms with van der Waals surface area (Å²) in [6.45, 7) is 4.68. The quantitative estimate of drug-likeness (QED) is 0.904. The lowest BCUT2D eigenvalue weighted by Gasteiger charge is -2.37. The summed E-state index contributed by atoms with van der Waals surface area (Å²) in [7, 11) is 0. The van der Waals surface area contributed by atoms with Gasteiger partial charge in [0, 0.05) is 18.3 Å². The van der Waals surface area contributed by atoms with E-state index in [-0.39, 0.29) is 17.9 Å². The van der Waals surface area contributed by atoms with E-state index in [4.69, 9.17) is 5.73 Å². The van der Waals surface area contributed by atoms with Crippen LogP contribution in [0.3, 0.4) is 0 Å². The van der Waals surface area contributed by atoms with Gasteiger partial charge >= 0.3 is 0 Å². The molecule has 0 saturated carbocycles. The number of hydrogen-bond acceptors (Lipinski definition) is 2. The van der Waals surface area contributed by atoms with Gasteiger partial charge in [0.25, 0.3) is 0 Å². The van der Waals surface area contributed by atoms with Gasteiger partial charge in [-0.1, -0.05) is 31.5 Å². The molecule has 104 valence electrons. The Kier molecular flexibility index (Phi) is 4.59. The number of anilines is 1. The van der Waals surface area contributed by atoms with Crippen molar-refractivity contribution in [3.63, 3.8) is 0 Å². The van der Waals surface area contributed by atoms with Crippen molar-refractivity contribution >= 4 is 11.6 Å². The fourth-order valence-corrected chi connectivity index (χ4v) is 2.91. The predicted octanol–water partition coefficient (Wildman–Crippen LogP) is 2.73. The third-order valence-electron chi connectivity index (χ3n) is 4.03. The average Bonchev–Trinajstić information content (AvgIpc) is 2.44. The fraction of sp³-hybridized carbons (Fsp3) is 0.562. The number of carbonyl (C=O) groups is 1. The van der Waals surface area contributed by atoms with Gasteiger partial charge in [-0.05, 0) is 37.8 Å². The first-order chi connectivity index (χ1) is 9.19. The molecule has 1 aromatic rings. The van der Waals surface area contributed by atoms with E-state index in [1.165, 1.54) is 5.56 Å². The molecule has 1 aliphatic heterocycles. The third kappa shape index (κ3) is 2.81. The number of carbonyl (C=O) groups excluding carboxylic acids is 1. The van der Waals surface area contributed by atoms with Crippen molar-refractivity contribution in [1.29, 1.82) is 0 Å². The molecule has 3 heteroatoms. The molecule has 0 bridgehead atoms. The van der Waals surface area contributed by atoms with Crippen LogP contribution in [0, 0.1) is 5.92 Å². The van der Waals surface area contributed by atoms with Crippen LogP contribution in [-0.2, 0) is 11.2 Å². The third-order valence-corrected chi connectivity index (χ3v) is 4.03. The normalized spacial score (nSPS) is 19.9. The van der Waals surface area contributed by atoms with Crippen LogP contribution in [-0.4, -0.2) is 18.5 Å². The Morgan fingerprint density at radius 1 is 1.47 bits per heavy atom. The molecule has 0 aromatic heterocycles. The summed E-state index contributed by atoms with van der Waals surface area (Å²) in [6.07, 6.45) is 3.96. The van der Waals surface area contributed by atoms with Crippen LogP contribution in [0.5, 0.6) is 0 Å². The minimum Gasteiger partial charge on any atom is -0.330 e. The summed E-state index contributed by atoms with van der Waals surface area (Å²) in [4.78, 5) is 14.7. The topological polar surface area (TPSA) is 46.3 Å². The zero-order valence-corrected chi connectivity index (χ0v) is 11.9. The second-order valence-corrected chi connectivity index (χ2v) is 5.45. The minimum absolute atomic E-state index is 0.0430. The molecular weight excluding hydrogens is 236 g/mol. The highest BCUT2D eigenvalue weighted by Crippen LogP contribution is 2.32. The SMILES string of the molecule is CCCC(CN)C(=O)N1c2ccccc2CCC1C. The van der Waals surface area contributed by atoms with Gasteiger partial charge in [-0.2, -0.15) is 0 Å². The summed E-state index contributed by atoms with van der Waals surface area (Å²) in [6, 6.07) is 8.51. The van der Waals surface area contributed by atoms with Crippen molar-refractivity contribution in [2.75, 3.05) is 11.4 Å². The van der Waals surface area contributed by atoms with E-state index in [9.17, 15) is 4.79 Å². The highest BCUT2D eigenvalue weighted by molar-refractivity contribution is 5.96. The molecule has 1 amide bonds. The zero-order chi connectivity index (χ0) is 13.8. The van der Waals surface area contributed by atoms with Crippen molar-refractivity contribution in [3.8, 4) is 0 Å². The maximum atomic E-state index is 12.7. The van der Waals surface area contributed by atoms with Crippen molar-refractivity contribution in [1.82, 2.24) is 0 Å². The largest absolute Gasteiger partial charge is 0.330 e. The van der Waals surface area contributed by atoms with Gasteiger partial charge < -0.3 is 10.6 Å². The summed E-state index contributed by atoms with van der Waals surface area (Å²) >= 11 is 0. The molecule has 1 aromatic carbocycles. The van der Waals surface area contributed by atoms with Crippen LogP contribution in [0.4, 0.5) is 5.69 Å². The van der Waals surface area contributed by atoms with Gasteiger partial charge in [-0.3, -0.25) is 4.79 Å². The highest BCUT2D eigenvalue weighted by Gasteiger charge is 2.31. The molecule has 2 N–H and O–H groups in total. The smallest absolute Gasteiger partial charge is 0.231 e. The molecule has 0 spiro atoms. The maximum Gasteiger partial charge on any atom is 0.231 e. The van der Waals surface area contributed by atoms with E-state index in [1.807, 2.05) is 17.0 Å². The van der Waals surface area contributed by atoms with Gasteiger partial charge in [0.1, 0.15) is 0 Å². The highest BCUT2D eigenvalue weighted by atomic mass is 16.2. The molecule has 0 fully saturated rings. The molecule has 19 heavy (non-hydrogen) atoms. The van der Waals surface area contributed by atoms with Crippen molar-refractivity contribution in [2.24, 2.45) is 11.7 Å². The Morgan fingerprint density at radius 2 is 2.21 bits per heavy atom. The maximum absolute atomic E-state index is 12.7. The summed E-state index contributed by atoms with van der Waals surface area (Å²) in [5.74, 6) is 0.155. The lowest BCUT2D eigenvalue weighted by atomic mass is 9.93. The van der Waals surface area contributed by atoms with E-state index in [0.717, 1.165) is 31.4 Å². The molecule has 0 radical (unpaired) electrons. The lowest BCUT2D eigenvalue weighted by Crippen LogP contribution is -2.46. The number of fused-ring (bicyclic) bond motifs is 1. The first kappa shape index (κ1) is 14.1. The van der Waals surface area contributed by atoms with Crippen LogP contribution in [0.2, 0.25) is 0 Å². The van der Waals surface area contributed by atoms with Gasteiger partial charge in [-0.15, -0.1) is 0 Å². The van der Waals surface area contributed by atoms with E-state index in [2.05, 4.69) is 26.0 Å². The van der Waals surface area contributed by atoms with Crippen molar-refractivity contribution < 1.29 is 4.79 Å². The molecule has 0 aliphatic carbocycles. The first-order valence-electron chi connectivity index (χ1n) is 7.30. The summed E-state index contributed by atoms with van der Waals surface area (Å²) < 4.78 is 0. The molecule has 2 atom stereocenters. The van der Waals surface area contributed by atoms with Crippen LogP contribution in [0.25, 0.3) is 0 Å². The average molecular weight is 260 g/mol. The minimum atomic E-state index is -0.0430. The Morgan fingerprint density at radius 3 is 2.89 bits per heavy atom. The number of nitrogens with two attached hydrogens (primary N) is 1. The summed E-state index contributed by atoms with van der Waals surface area (Å²) in [5, 5.41) is 0. The number of benzene rings is 1. The van der Waals surface area contributed by atoms with Crippen LogP contribution in [0.15, 0.2) is 24.3 Å². The Labute approximate surface area is 115 Å². The molecule has 2 unspecified atom stereocenters. The number of amides is 1. The number of para-hydroxylation sites is 1. The zero-order valence-electron chi connectivity index (χ0n) is 11.9. The van der Waals surface area contributed by atoms with E-state index in [0.29, 0.717) is 6.54 Å². The second-order valence-electron chi connectivity index (χ2n) is 5.45. The van der Waals surface area contributed by atoms with Gasteiger partial charge in [-0.25, -0.2) is 0 Å². The van der Waals surface area contributed by atoms with Crippen molar-refractivity contribution in [2.45, 2.75) is 45.6 Å². The lowest BCUT2D eigenvalue weighted by molar-refractivity contribution is -0.122. The van der Waals surface area contributed by atoms with Gasteiger partial charge in [0.2, 0.25) is 5.91 Å². The monoisotopic (exact) mass is 260 g/mol. The Bertz CT molecular complexity index is 444. The molecular formula is C16H24N2O. The molecule has 0 saturated heterocycles. The van der Waals surface area contributed by atoms with Crippen LogP contribution in [0.1, 0.15) is 38.7 Å². The molecule has 3 nitrogen and oxygen atoms in total. The standard InChI is InChI=1S/C16H24N2O/c1-3-6-14(11-17)16(19)18-12(2)9-10-13-7-4-5-8-15(13)18/h4-5,7-8,12,14H,3,6,9-11,17H2,1-2H3. The van der Waals surface area contributed by atoms with Crippen molar-refractivity contribution in [3.05, 3.63) is 29.8 Å². The van der Waals surface area contributed by atoms with E-state index < -0.39 is 0 Å². The van der Waals surface area contributed by atoms with Gasteiger partial charge in [0.15, 0.2) is 0 Å². The molecule has 1 heterocycles. The molecule has 1 aliphatic rings.